The number of piperidine rings is 1. The maximum atomic E-state index is 12.6. The number of hydrogen-bond acceptors (Lipinski definition) is 3. The van der Waals surface area contributed by atoms with Crippen LogP contribution in [-0.4, -0.2) is 39.7 Å². The van der Waals surface area contributed by atoms with Gasteiger partial charge in [-0.25, -0.2) is 0 Å². The summed E-state index contributed by atoms with van der Waals surface area (Å²) in [6.07, 6.45) is 2.15. The van der Waals surface area contributed by atoms with Gasteiger partial charge in [0.1, 0.15) is 5.69 Å². The van der Waals surface area contributed by atoms with Crippen LogP contribution in [0.25, 0.3) is 0 Å². The van der Waals surface area contributed by atoms with Gasteiger partial charge in [0.05, 0.1) is 11.8 Å². The molecule has 106 valence electrons. The number of rotatable bonds is 2. The van der Waals surface area contributed by atoms with Gasteiger partial charge in [0, 0.05) is 25.3 Å². The number of aliphatic hydroxyl groups excluding tert-OH is 1. The maximum absolute atomic E-state index is 12.6. The largest absolute Gasteiger partial charge is 0.397 e. The molecule has 5 heteroatoms. The summed E-state index contributed by atoms with van der Waals surface area (Å²) in [4.78, 5) is 14.4. The second-order valence-electron chi connectivity index (χ2n) is 5.74. The molecule has 1 fully saturated rings. The van der Waals surface area contributed by atoms with E-state index in [9.17, 15) is 9.90 Å². The predicted octanol–water partition coefficient (Wildman–Crippen LogP) is 1.49. The first-order valence-electron chi connectivity index (χ1n) is 6.84. The lowest BCUT2D eigenvalue weighted by molar-refractivity contribution is 0.0290. The molecule has 0 bridgehead atoms. The van der Waals surface area contributed by atoms with Crippen molar-refractivity contribution in [2.75, 3.05) is 18.8 Å². The van der Waals surface area contributed by atoms with E-state index in [2.05, 4.69) is 0 Å². The van der Waals surface area contributed by atoms with Crippen molar-refractivity contribution in [1.82, 2.24) is 9.47 Å². The van der Waals surface area contributed by atoms with Gasteiger partial charge in [-0.2, -0.15) is 0 Å². The average molecular weight is 265 g/mol. The molecule has 1 amide bonds. The number of anilines is 1. The molecule has 2 heterocycles. The van der Waals surface area contributed by atoms with E-state index >= 15 is 0 Å². The number of hydrogen-bond donors (Lipinski definition) is 2. The molecule has 0 aromatic carbocycles. The molecule has 1 aliphatic heterocycles. The second kappa shape index (κ2) is 5.25. The van der Waals surface area contributed by atoms with Crippen LogP contribution in [0.2, 0.25) is 0 Å². The molecule has 0 saturated carbocycles. The van der Waals surface area contributed by atoms with Crippen molar-refractivity contribution < 1.29 is 9.90 Å². The molecule has 1 saturated heterocycles. The fourth-order valence-electron chi connectivity index (χ4n) is 2.58. The summed E-state index contributed by atoms with van der Waals surface area (Å²) in [6, 6.07) is 1.93. The number of nitrogens with zero attached hydrogens (tertiary/aromatic N) is 2. The van der Waals surface area contributed by atoms with E-state index in [1.54, 1.807) is 12.3 Å². The normalized spacial score (nSPS) is 23.9. The first kappa shape index (κ1) is 13.9. The Morgan fingerprint density at radius 1 is 1.53 bits per heavy atom. The summed E-state index contributed by atoms with van der Waals surface area (Å²) in [5.74, 6) is 0.127. The lowest BCUT2D eigenvalue weighted by Gasteiger charge is -2.34. The average Bonchev–Trinajstić information content (AvgIpc) is 2.74. The highest BCUT2D eigenvalue weighted by Gasteiger charge is 2.29. The Bertz CT molecular complexity index is 467. The number of nitrogens with two attached hydrogens (primary N) is 1. The van der Waals surface area contributed by atoms with Crippen LogP contribution in [0.4, 0.5) is 5.69 Å². The fourth-order valence-corrected chi connectivity index (χ4v) is 2.58. The summed E-state index contributed by atoms with van der Waals surface area (Å²) in [7, 11) is 0. The van der Waals surface area contributed by atoms with Crippen LogP contribution >= 0.6 is 0 Å². The van der Waals surface area contributed by atoms with Crippen molar-refractivity contribution in [3.8, 4) is 0 Å². The molecule has 0 aliphatic carbocycles. The van der Waals surface area contributed by atoms with Crippen molar-refractivity contribution >= 4 is 11.6 Å². The van der Waals surface area contributed by atoms with E-state index in [4.69, 9.17) is 5.73 Å². The predicted molar refractivity (Wildman–Crippen MR) is 74.9 cm³/mol. The van der Waals surface area contributed by atoms with Gasteiger partial charge in [-0.1, -0.05) is 6.92 Å². The smallest absolute Gasteiger partial charge is 0.270 e. The maximum Gasteiger partial charge on any atom is 0.270 e. The van der Waals surface area contributed by atoms with E-state index in [1.165, 1.54) is 0 Å². The molecular weight excluding hydrogens is 242 g/mol. The Kier molecular flexibility index (Phi) is 3.85. The van der Waals surface area contributed by atoms with Crippen LogP contribution in [0.1, 0.15) is 43.7 Å². The zero-order valence-corrected chi connectivity index (χ0v) is 11.8. The van der Waals surface area contributed by atoms with Crippen molar-refractivity contribution in [3.05, 3.63) is 18.0 Å². The Labute approximate surface area is 114 Å². The lowest BCUT2D eigenvalue weighted by atomic mass is 9.96. The number of aromatic nitrogens is 1. The number of carbonyl (C=O) groups is 1. The van der Waals surface area contributed by atoms with Gasteiger partial charge >= 0.3 is 0 Å². The lowest BCUT2D eigenvalue weighted by Crippen LogP contribution is -2.45. The molecule has 3 N–H and O–H groups in total. The monoisotopic (exact) mass is 265 g/mol. The molecule has 0 spiro atoms. The molecule has 5 nitrogen and oxygen atoms in total. The first-order chi connectivity index (χ1) is 8.90. The van der Waals surface area contributed by atoms with E-state index < -0.39 is 0 Å². The third-order valence-corrected chi connectivity index (χ3v) is 3.79. The van der Waals surface area contributed by atoms with Crippen LogP contribution in [-0.2, 0) is 0 Å². The molecule has 1 aliphatic rings. The molecule has 0 radical (unpaired) electrons. The second-order valence-corrected chi connectivity index (χ2v) is 5.74. The number of likely N-dealkylation sites (tertiary alicyclic amines) is 1. The van der Waals surface area contributed by atoms with Gasteiger partial charge in [-0.15, -0.1) is 0 Å². The summed E-state index contributed by atoms with van der Waals surface area (Å²) in [5, 5.41) is 9.73. The summed E-state index contributed by atoms with van der Waals surface area (Å²) >= 11 is 0. The Morgan fingerprint density at radius 2 is 2.21 bits per heavy atom. The molecule has 1 aromatic heterocycles. The minimum Gasteiger partial charge on any atom is -0.397 e. The number of carbonyl (C=O) groups excluding carboxylic acids is 1. The third kappa shape index (κ3) is 2.76. The SMILES string of the molecule is CC1CN(C(=O)c2cc(N)cn2C(C)C)CCC1O. The van der Waals surface area contributed by atoms with Crippen molar-refractivity contribution in [1.29, 1.82) is 0 Å². The molecule has 1 aromatic rings. The van der Waals surface area contributed by atoms with Crippen LogP contribution in [0.3, 0.4) is 0 Å². The summed E-state index contributed by atoms with van der Waals surface area (Å²) < 4.78 is 1.91. The summed E-state index contributed by atoms with van der Waals surface area (Å²) in [5.41, 5.74) is 7.05. The highest BCUT2D eigenvalue weighted by Crippen LogP contribution is 2.22. The first-order valence-corrected chi connectivity index (χ1v) is 6.84. The van der Waals surface area contributed by atoms with Crippen molar-refractivity contribution in [2.24, 2.45) is 5.92 Å². The van der Waals surface area contributed by atoms with E-state index in [0.29, 0.717) is 30.9 Å². The van der Waals surface area contributed by atoms with E-state index in [-0.39, 0.29) is 24.0 Å². The number of nitrogen functional groups attached to an aromatic ring is 1. The van der Waals surface area contributed by atoms with Crippen LogP contribution < -0.4 is 5.73 Å². The molecule has 2 rings (SSSR count). The highest BCUT2D eigenvalue weighted by molar-refractivity contribution is 5.94. The zero-order chi connectivity index (χ0) is 14.2. The minimum atomic E-state index is -0.300. The topological polar surface area (TPSA) is 71.5 Å². The zero-order valence-electron chi connectivity index (χ0n) is 11.8. The minimum absolute atomic E-state index is 0.00384. The van der Waals surface area contributed by atoms with E-state index in [1.807, 2.05) is 30.2 Å². The summed E-state index contributed by atoms with van der Waals surface area (Å²) in [6.45, 7) is 7.23. The van der Waals surface area contributed by atoms with Gasteiger partial charge in [0.15, 0.2) is 0 Å². The van der Waals surface area contributed by atoms with Gasteiger partial charge in [-0.3, -0.25) is 4.79 Å². The van der Waals surface area contributed by atoms with Gasteiger partial charge in [0.2, 0.25) is 0 Å². The van der Waals surface area contributed by atoms with Crippen molar-refractivity contribution in [2.45, 2.75) is 39.3 Å². The number of amides is 1. The molecular formula is C14H23N3O2. The van der Waals surface area contributed by atoms with Crippen LogP contribution in [0, 0.1) is 5.92 Å². The Balaban J connectivity index is 2.20. The van der Waals surface area contributed by atoms with Crippen LogP contribution in [0.5, 0.6) is 0 Å². The molecule has 2 unspecified atom stereocenters. The standard InChI is InChI=1S/C14H23N3O2/c1-9(2)17-8-11(15)6-12(17)14(19)16-5-4-13(18)10(3)7-16/h6,8-10,13,18H,4-5,7,15H2,1-3H3. The molecule has 2 atom stereocenters. The molecule has 19 heavy (non-hydrogen) atoms. The van der Waals surface area contributed by atoms with Gasteiger partial charge in [0.25, 0.3) is 5.91 Å². The fraction of sp³-hybridized carbons (Fsp3) is 0.643. The van der Waals surface area contributed by atoms with Gasteiger partial charge in [-0.05, 0) is 32.3 Å². The Morgan fingerprint density at radius 3 is 2.79 bits per heavy atom. The third-order valence-electron chi connectivity index (χ3n) is 3.79. The Hall–Kier alpha value is -1.49. The highest BCUT2D eigenvalue weighted by atomic mass is 16.3. The van der Waals surface area contributed by atoms with Crippen LogP contribution in [0.15, 0.2) is 12.3 Å². The van der Waals surface area contributed by atoms with Crippen molar-refractivity contribution in [3.63, 3.8) is 0 Å². The van der Waals surface area contributed by atoms with E-state index in [0.717, 1.165) is 0 Å². The quantitative estimate of drug-likeness (QED) is 0.851. The number of aliphatic hydroxyl groups is 1. The van der Waals surface area contributed by atoms with Gasteiger partial charge < -0.3 is 20.3 Å².